The molecule has 1 N–H and O–H groups in total. The van der Waals surface area contributed by atoms with Crippen molar-refractivity contribution in [2.45, 2.75) is 20.8 Å². The molecule has 0 heterocycles. The lowest BCUT2D eigenvalue weighted by Crippen LogP contribution is -2.25. The number of hydrogen-bond acceptors (Lipinski definition) is 1. The number of carboxylic acids is 1. The summed E-state index contributed by atoms with van der Waals surface area (Å²) in [5.41, 5.74) is 0. The highest BCUT2D eigenvalue weighted by Gasteiger charge is 2.26. The molecule has 13 heavy (non-hydrogen) atoms. The van der Waals surface area contributed by atoms with Gasteiger partial charge in [-0.15, -0.1) is 0 Å². The van der Waals surface area contributed by atoms with E-state index in [1.54, 1.807) is 13.0 Å². The second kappa shape index (κ2) is 5.51. The van der Waals surface area contributed by atoms with Gasteiger partial charge in [-0.1, -0.05) is 50.0 Å². The van der Waals surface area contributed by atoms with Crippen molar-refractivity contribution in [3.8, 4) is 0 Å². The van der Waals surface area contributed by atoms with Crippen molar-refractivity contribution in [3.05, 3.63) is 10.6 Å². The normalized spacial score (nSPS) is 15.2. The predicted molar refractivity (Wildman–Crippen MR) is 54.9 cm³/mol. The maximum absolute atomic E-state index is 10.8. The van der Waals surface area contributed by atoms with E-state index < -0.39 is 11.9 Å². The summed E-state index contributed by atoms with van der Waals surface area (Å²) in [7, 11) is 0. The third kappa shape index (κ3) is 4.53. The summed E-state index contributed by atoms with van der Waals surface area (Å²) in [6.07, 6.45) is 1.56. The van der Waals surface area contributed by atoms with Crippen LogP contribution in [0, 0.1) is 17.8 Å². The molecule has 76 valence electrons. The van der Waals surface area contributed by atoms with Crippen LogP contribution in [-0.4, -0.2) is 11.1 Å². The van der Waals surface area contributed by atoms with Gasteiger partial charge in [0.1, 0.15) is 4.49 Å². The van der Waals surface area contributed by atoms with Gasteiger partial charge in [-0.3, -0.25) is 4.79 Å². The number of aliphatic carboxylic acids is 1. The van der Waals surface area contributed by atoms with Gasteiger partial charge in [0.05, 0.1) is 5.92 Å². The molecule has 0 aliphatic rings. The summed E-state index contributed by atoms with van der Waals surface area (Å²) in [5, 5.41) is 8.91. The second-order valence-corrected chi connectivity index (χ2v) is 4.43. The van der Waals surface area contributed by atoms with E-state index in [9.17, 15) is 4.79 Å². The number of allylic oxidation sites excluding steroid dienone is 1. The third-order valence-corrected chi connectivity index (χ3v) is 2.21. The van der Waals surface area contributed by atoms with Crippen LogP contribution >= 0.6 is 23.2 Å². The minimum absolute atomic E-state index is 0.0661. The fourth-order valence-electron chi connectivity index (χ4n) is 1.42. The van der Waals surface area contributed by atoms with Crippen molar-refractivity contribution < 1.29 is 9.90 Å². The highest BCUT2D eigenvalue weighted by Crippen LogP contribution is 2.24. The molecular formula is C9H14Cl2O2. The molecule has 0 saturated carbocycles. The first-order valence-electron chi connectivity index (χ1n) is 4.12. The lowest BCUT2D eigenvalue weighted by molar-refractivity contribution is -0.144. The summed E-state index contributed by atoms with van der Waals surface area (Å²) in [6.45, 7) is 5.53. The van der Waals surface area contributed by atoms with E-state index in [1.165, 1.54) is 0 Å². The Bertz CT molecular complexity index is 208. The van der Waals surface area contributed by atoms with Gasteiger partial charge in [0, 0.05) is 0 Å². The van der Waals surface area contributed by atoms with E-state index in [2.05, 4.69) is 0 Å². The molecule has 2 nitrogen and oxygen atoms in total. The van der Waals surface area contributed by atoms with Crippen molar-refractivity contribution in [1.29, 1.82) is 0 Å². The molecule has 0 aromatic rings. The lowest BCUT2D eigenvalue weighted by atomic mass is 9.85. The lowest BCUT2D eigenvalue weighted by Gasteiger charge is -2.20. The average Bonchev–Trinajstić information content (AvgIpc) is 1.81. The van der Waals surface area contributed by atoms with Crippen molar-refractivity contribution >= 4 is 29.2 Å². The standard InChI is InChI=1S/C9H14Cl2O2/c1-5(2)8(9(12)13)6(3)4-7(10)11/h4-6,8H,1-3H3,(H,12,13). The number of carbonyl (C=O) groups is 1. The van der Waals surface area contributed by atoms with Gasteiger partial charge in [-0.05, 0) is 11.8 Å². The largest absolute Gasteiger partial charge is 0.481 e. The molecule has 0 rings (SSSR count). The van der Waals surface area contributed by atoms with E-state index >= 15 is 0 Å². The quantitative estimate of drug-likeness (QED) is 0.796. The van der Waals surface area contributed by atoms with E-state index in [-0.39, 0.29) is 16.3 Å². The first-order chi connectivity index (χ1) is 5.86. The maximum Gasteiger partial charge on any atom is 0.307 e. The van der Waals surface area contributed by atoms with Gasteiger partial charge in [0.25, 0.3) is 0 Å². The molecule has 0 aliphatic carbocycles. The van der Waals surface area contributed by atoms with Crippen molar-refractivity contribution in [2.75, 3.05) is 0 Å². The highest BCUT2D eigenvalue weighted by atomic mass is 35.5. The topological polar surface area (TPSA) is 37.3 Å². The van der Waals surface area contributed by atoms with Gasteiger partial charge in [-0.2, -0.15) is 0 Å². The molecule has 0 aromatic carbocycles. The Morgan fingerprint density at radius 3 is 2.00 bits per heavy atom. The third-order valence-electron chi connectivity index (χ3n) is 1.96. The molecule has 0 aliphatic heterocycles. The zero-order valence-electron chi connectivity index (χ0n) is 7.92. The van der Waals surface area contributed by atoms with Crippen LogP contribution in [0.4, 0.5) is 0 Å². The summed E-state index contributed by atoms with van der Waals surface area (Å²) in [6, 6.07) is 0. The number of halogens is 2. The van der Waals surface area contributed by atoms with Crippen LogP contribution in [0.25, 0.3) is 0 Å². The van der Waals surface area contributed by atoms with Gasteiger partial charge < -0.3 is 5.11 Å². The zero-order valence-corrected chi connectivity index (χ0v) is 9.43. The molecule has 0 spiro atoms. The Morgan fingerprint density at radius 2 is 1.77 bits per heavy atom. The Balaban J connectivity index is 4.56. The zero-order chi connectivity index (χ0) is 10.6. The van der Waals surface area contributed by atoms with Crippen LogP contribution in [-0.2, 0) is 4.79 Å². The van der Waals surface area contributed by atoms with Crippen LogP contribution in [0.1, 0.15) is 20.8 Å². The molecular weight excluding hydrogens is 211 g/mol. The van der Waals surface area contributed by atoms with Crippen LogP contribution in [0.3, 0.4) is 0 Å². The smallest absolute Gasteiger partial charge is 0.307 e. The van der Waals surface area contributed by atoms with Gasteiger partial charge in [-0.25, -0.2) is 0 Å². The second-order valence-electron chi connectivity index (χ2n) is 3.42. The predicted octanol–water partition coefficient (Wildman–Crippen LogP) is 3.30. The average molecular weight is 225 g/mol. The number of hydrogen-bond donors (Lipinski definition) is 1. The fraction of sp³-hybridized carbons (Fsp3) is 0.667. The first kappa shape index (κ1) is 12.8. The molecule has 2 atom stereocenters. The molecule has 0 saturated heterocycles. The first-order valence-corrected chi connectivity index (χ1v) is 4.87. The Hall–Kier alpha value is -0.210. The molecule has 2 unspecified atom stereocenters. The van der Waals surface area contributed by atoms with Crippen LogP contribution in [0.2, 0.25) is 0 Å². The number of rotatable bonds is 4. The fourth-order valence-corrected chi connectivity index (χ4v) is 1.82. The number of carboxylic acid groups (broad SMARTS) is 1. The molecule has 0 radical (unpaired) electrons. The molecule has 4 heteroatoms. The van der Waals surface area contributed by atoms with Crippen LogP contribution < -0.4 is 0 Å². The molecule has 0 aromatic heterocycles. The van der Waals surface area contributed by atoms with Crippen LogP contribution in [0.15, 0.2) is 10.6 Å². The van der Waals surface area contributed by atoms with E-state index in [4.69, 9.17) is 28.3 Å². The maximum atomic E-state index is 10.8. The molecule has 0 amide bonds. The van der Waals surface area contributed by atoms with Crippen molar-refractivity contribution in [2.24, 2.45) is 17.8 Å². The monoisotopic (exact) mass is 224 g/mol. The van der Waals surface area contributed by atoms with E-state index in [0.717, 1.165) is 0 Å². The molecule has 0 fully saturated rings. The summed E-state index contributed by atoms with van der Waals surface area (Å²) >= 11 is 10.9. The van der Waals surface area contributed by atoms with Crippen molar-refractivity contribution in [1.82, 2.24) is 0 Å². The van der Waals surface area contributed by atoms with Gasteiger partial charge in [0.15, 0.2) is 0 Å². The minimum atomic E-state index is -0.812. The highest BCUT2D eigenvalue weighted by molar-refractivity contribution is 6.55. The Labute approximate surface area is 88.5 Å². The van der Waals surface area contributed by atoms with E-state index in [0.29, 0.717) is 0 Å². The summed E-state index contributed by atoms with van der Waals surface area (Å²) in [5.74, 6) is -1.33. The summed E-state index contributed by atoms with van der Waals surface area (Å²) in [4.78, 5) is 10.8. The minimum Gasteiger partial charge on any atom is -0.481 e. The van der Waals surface area contributed by atoms with Gasteiger partial charge >= 0.3 is 5.97 Å². The SMILES string of the molecule is CC(C)C(C(=O)O)C(C)C=C(Cl)Cl. The van der Waals surface area contributed by atoms with Crippen molar-refractivity contribution in [3.63, 3.8) is 0 Å². The molecule has 0 bridgehead atoms. The Morgan fingerprint density at radius 1 is 1.31 bits per heavy atom. The van der Waals surface area contributed by atoms with E-state index in [1.807, 2.05) is 13.8 Å². The Kier molecular flexibility index (Phi) is 5.42. The van der Waals surface area contributed by atoms with Gasteiger partial charge in [0.2, 0.25) is 0 Å². The van der Waals surface area contributed by atoms with Crippen LogP contribution in [0.5, 0.6) is 0 Å². The summed E-state index contributed by atoms with van der Waals surface area (Å²) < 4.78 is 0.124.